The van der Waals surface area contributed by atoms with Gasteiger partial charge in [0.15, 0.2) is 5.82 Å². The molecule has 4 rings (SSSR count). The summed E-state index contributed by atoms with van der Waals surface area (Å²) in [4.78, 5) is 4.84. The highest BCUT2D eigenvalue weighted by Gasteiger charge is 2.08. The van der Waals surface area contributed by atoms with Crippen LogP contribution in [0.2, 0.25) is 0 Å². The van der Waals surface area contributed by atoms with E-state index in [-0.39, 0.29) is 0 Å². The van der Waals surface area contributed by atoms with Crippen LogP contribution in [0, 0.1) is 13.8 Å². The minimum Gasteiger partial charge on any atom is -0.338 e. The van der Waals surface area contributed by atoms with Crippen LogP contribution in [0.15, 0.2) is 60.7 Å². The van der Waals surface area contributed by atoms with E-state index in [0.717, 1.165) is 40.2 Å². The number of rotatable bonds is 4. The molecule has 0 atom stereocenters. The molecule has 4 heteroatoms. The quantitative estimate of drug-likeness (QED) is 0.560. The number of para-hydroxylation sites is 1. The van der Waals surface area contributed by atoms with Gasteiger partial charge < -0.3 is 5.32 Å². The van der Waals surface area contributed by atoms with Crippen LogP contribution in [0.25, 0.3) is 10.9 Å². The van der Waals surface area contributed by atoms with Gasteiger partial charge in [-0.05, 0) is 31.5 Å². The molecule has 0 unspecified atom stereocenters. The molecule has 0 saturated heterocycles. The molecule has 4 nitrogen and oxygen atoms in total. The topological polar surface area (TPSA) is 53.6 Å². The number of aromatic nitrogens is 3. The first-order chi connectivity index (χ1) is 12.2. The van der Waals surface area contributed by atoms with E-state index in [4.69, 9.17) is 4.98 Å². The van der Waals surface area contributed by atoms with Gasteiger partial charge in [0.2, 0.25) is 0 Å². The van der Waals surface area contributed by atoms with Crippen LogP contribution in [-0.4, -0.2) is 15.2 Å². The molecule has 0 radical (unpaired) electrons. The van der Waals surface area contributed by atoms with Crippen molar-refractivity contribution in [2.24, 2.45) is 0 Å². The Morgan fingerprint density at radius 3 is 2.64 bits per heavy atom. The lowest BCUT2D eigenvalue weighted by atomic mass is 10.0. The van der Waals surface area contributed by atoms with Crippen molar-refractivity contribution in [3.63, 3.8) is 0 Å². The number of anilines is 2. The summed E-state index contributed by atoms with van der Waals surface area (Å²) >= 11 is 0. The van der Waals surface area contributed by atoms with Gasteiger partial charge >= 0.3 is 0 Å². The van der Waals surface area contributed by atoms with E-state index < -0.39 is 0 Å². The molecule has 2 aromatic heterocycles. The SMILES string of the molecule is Cc1cccc(Cc2cc(Nc3cc(C)[nH]n3)c3ccccc3n2)c1. The molecule has 0 saturated carbocycles. The van der Waals surface area contributed by atoms with E-state index in [1.807, 2.05) is 25.1 Å². The minimum atomic E-state index is 0.806. The first-order valence-electron chi connectivity index (χ1n) is 8.40. The molecule has 0 aliphatic rings. The first kappa shape index (κ1) is 15.4. The van der Waals surface area contributed by atoms with Gasteiger partial charge in [0.1, 0.15) is 0 Å². The molecule has 0 amide bonds. The summed E-state index contributed by atoms with van der Waals surface area (Å²) < 4.78 is 0. The van der Waals surface area contributed by atoms with Crippen LogP contribution in [-0.2, 0) is 6.42 Å². The monoisotopic (exact) mass is 328 g/mol. The maximum Gasteiger partial charge on any atom is 0.152 e. The number of benzene rings is 2. The van der Waals surface area contributed by atoms with Crippen molar-refractivity contribution in [1.82, 2.24) is 15.2 Å². The number of aryl methyl sites for hydroxylation is 2. The zero-order chi connectivity index (χ0) is 17.2. The lowest BCUT2D eigenvalue weighted by molar-refractivity contribution is 1.05. The van der Waals surface area contributed by atoms with Gasteiger partial charge in [-0.3, -0.25) is 10.1 Å². The first-order valence-corrected chi connectivity index (χ1v) is 8.40. The largest absolute Gasteiger partial charge is 0.338 e. The lowest BCUT2D eigenvalue weighted by Crippen LogP contribution is -1.98. The third-order valence-corrected chi connectivity index (χ3v) is 4.21. The van der Waals surface area contributed by atoms with Crippen LogP contribution in [0.5, 0.6) is 0 Å². The molecular weight excluding hydrogens is 308 g/mol. The number of hydrogen-bond acceptors (Lipinski definition) is 3. The highest BCUT2D eigenvalue weighted by atomic mass is 15.2. The third-order valence-electron chi connectivity index (χ3n) is 4.21. The molecule has 0 fully saturated rings. The summed E-state index contributed by atoms with van der Waals surface area (Å²) in [6.07, 6.45) is 0.806. The highest BCUT2D eigenvalue weighted by molar-refractivity contribution is 5.93. The van der Waals surface area contributed by atoms with Crippen molar-refractivity contribution in [3.8, 4) is 0 Å². The zero-order valence-corrected chi connectivity index (χ0v) is 14.4. The molecule has 0 aliphatic heterocycles. The van der Waals surface area contributed by atoms with Crippen molar-refractivity contribution in [3.05, 3.63) is 83.2 Å². The van der Waals surface area contributed by atoms with Crippen LogP contribution >= 0.6 is 0 Å². The number of aromatic amines is 1. The van der Waals surface area contributed by atoms with Crippen LogP contribution < -0.4 is 5.32 Å². The minimum absolute atomic E-state index is 0.806. The van der Waals surface area contributed by atoms with Gasteiger partial charge in [-0.2, -0.15) is 5.10 Å². The van der Waals surface area contributed by atoms with Gasteiger partial charge in [-0.25, -0.2) is 0 Å². The summed E-state index contributed by atoms with van der Waals surface area (Å²) in [7, 11) is 0. The van der Waals surface area contributed by atoms with E-state index in [0.29, 0.717) is 0 Å². The van der Waals surface area contributed by atoms with E-state index in [1.165, 1.54) is 11.1 Å². The molecule has 25 heavy (non-hydrogen) atoms. The smallest absolute Gasteiger partial charge is 0.152 e. The van der Waals surface area contributed by atoms with Gasteiger partial charge in [0, 0.05) is 29.3 Å². The third kappa shape index (κ3) is 3.38. The molecule has 2 N–H and O–H groups in total. The Bertz CT molecular complexity index is 1030. The number of nitrogens with zero attached hydrogens (tertiary/aromatic N) is 2. The summed E-state index contributed by atoms with van der Waals surface area (Å²) in [6, 6.07) is 20.9. The van der Waals surface area contributed by atoms with Gasteiger partial charge in [0.25, 0.3) is 0 Å². The lowest BCUT2D eigenvalue weighted by Gasteiger charge is -2.11. The van der Waals surface area contributed by atoms with Gasteiger partial charge in [-0.15, -0.1) is 0 Å². The van der Waals surface area contributed by atoms with E-state index >= 15 is 0 Å². The normalized spacial score (nSPS) is 11.0. The fourth-order valence-electron chi connectivity index (χ4n) is 3.08. The second-order valence-electron chi connectivity index (χ2n) is 6.41. The maximum atomic E-state index is 4.84. The Kier molecular flexibility index (Phi) is 3.94. The molecular formula is C21H20N4. The predicted octanol–water partition coefficient (Wildman–Crippen LogP) is 4.91. The molecule has 4 aromatic rings. The van der Waals surface area contributed by atoms with Crippen LogP contribution in [0.4, 0.5) is 11.5 Å². The maximum absolute atomic E-state index is 4.84. The highest BCUT2D eigenvalue weighted by Crippen LogP contribution is 2.27. The number of fused-ring (bicyclic) bond motifs is 1. The fourth-order valence-corrected chi connectivity index (χ4v) is 3.08. The second kappa shape index (κ2) is 6.40. The van der Waals surface area contributed by atoms with Crippen molar-refractivity contribution in [2.75, 3.05) is 5.32 Å². The number of nitrogens with one attached hydrogen (secondary N) is 2. The molecule has 0 spiro atoms. The predicted molar refractivity (Wildman–Crippen MR) is 102 cm³/mol. The number of pyridine rings is 1. The Labute approximate surface area is 146 Å². The molecule has 2 aromatic carbocycles. The van der Waals surface area contributed by atoms with E-state index in [9.17, 15) is 0 Å². The summed E-state index contributed by atoms with van der Waals surface area (Å²) in [6.45, 7) is 4.11. The fraction of sp³-hybridized carbons (Fsp3) is 0.143. The summed E-state index contributed by atoms with van der Waals surface area (Å²) in [5.41, 5.74) is 6.62. The average Bonchev–Trinajstić information content (AvgIpc) is 3.00. The van der Waals surface area contributed by atoms with Crippen molar-refractivity contribution in [2.45, 2.75) is 20.3 Å². The van der Waals surface area contributed by atoms with E-state index in [2.05, 4.69) is 64.9 Å². The Morgan fingerprint density at radius 2 is 1.84 bits per heavy atom. The second-order valence-corrected chi connectivity index (χ2v) is 6.41. The standard InChI is InChI=1S/C21H20N4/c1-14-6-5-7-16(10-14)12-17-13-20(23-21-11-15(2)24-25-21)18-8-3-4-9-19(18)22-17/h3-11,13H,12H2,1-2H3,(H2,22,23,24,25). The number of H-pyrrole nitrogens is 1. The zero-order valence-electron chi connectivity index (χ0n) is 14.4. The van der Waals surface area contributed by atoms with Crippen molar-refractivity contribution >= 4 is 22.4 Å². The van der Waals surface area contributed by atoms with Crippen LogP contribution in [0.3, 0.4) is 0 Å². The Balaban J connectivity index is 1.75. The molecule has 124 valence electrons. The molecule has 2 heterocycles. The van der Waals surface area contributed by atoms with Gasteiger partial charge in [-0.1, -0.05) is 48.0 Å². The average molecular weight is 328 g/mol. The summed E-state index contributed by atoms with van der Waals surface area (Å²) in [5, 5.41) is 11.8. The Morgan fingerprint density at radius 1 is 0.960 bits per heavy atom. The number of hydrogen-bond donors (Lipinski definition) is 2. The van der Waals surface area contributed by atoms with Crippen molar-refractivity contribution < 1.29 is 0 Å². The van der Waals surface area contributed by atoms with E-state index in [1.54, 1.807) is 0 Å². The Hall–Kier alpha value is -3.14. The molecule has 0 bridgehead atoms. The molecule has 0 aliphatic carbocycles. The van der Waals surface area contributed by atoms with Crippen LogP contribution in [0.1, 0.15) is 22.5 Å². The van der Waals surface area contributed by atoms with Crippen molar-refractivity contribution in [1.29, 1.82) is 0 Å². The summed E-state index contributed by atoms with van der Waals surface area (Å²) in [5.74, 6) is 0.815. The van der Waals surface area contributed by atoms with Gasteiger partial charge in [0.05, 0.1) is 11.2 Å².